The van der Waals surface area contributed by atoms with Gasteiger partial charge in [0, 0.05) is 25.8 Å². The second kappa shape index (κ2) is 7.61. The molecule has 0 saturated heterocycles. The molecule has 1 aromatic rings. The van der Waals surface area contributed by atoms with E-state index in [1.807, 2.05) is 13.2 Å². The quantitative estimate of drug-likeness (QED) is 0.838. The number of carbonyl (C=O) groups excluding carboxylic acids is 1. The summed E-state index contributed by atoms with van der Waals surface area (Å²) in [7, 11) is 1.84. The molecule has 0 aromatic carbocycles. The predicted octanol–water partition coefficient (Wildman–Crippen LogP) is 0.660. The van der Waals surface area contributed by atoms with Crippen molar-refractivity contribution in [2.24, 2.45) is 18.7 Å². The Balaban J connectivity index is 0.00000144. The van der Waals surface area contributed by atoms with Gasteiger partial charge in [-0.05, 0) is 24.3 Å². The fraction of sp³-hybridized carbons (Fsp3) is 0.636. The summed E-state index contributed by atoms with van der Waals surface area (Å²) in [6, 6.07) is 0.123. The van der Waals surface area contributed by atoms with Crippen molar-refractivity contribution in [2.75, 3.05) is 6.54 Å². The third-order valence-corrected chi connectivity index (χ3v) is 2.89. The fourth-order valence-corrected chi connectivity index (χ4v) is 1.73. The second-order valence-corrected chi connectivity index (χ2v) is 4.50. The number of rotatable bonds is 5. The maximum atomic E-state index is 11.6. The zero-order valence-electron chi connectivity index (χ0n) is 10.3. The van der Waals surface area contributed by atoms with E-state index < -0.39 is 0 Å². The summed E-state index contributed by atoms with van der Waals surface area (Å²) in [6.07, 6.45) is 6.35. The zero-order valence-corrected chi connectivity index (χ0v) is 12.0. The van der Waals surface area contributed by atoms with Gasteiger partial charge in [0.1, 0.15) is 0 Å². The Morgan fingerprint density at radius 3 is 2.78 bits per heavy atom. The van der Waals surface area contributed by atoms with Crippen molar-refractivity contribution in [3.8, 4) is 0 Å². The van der Waals surface area contributed by atoms with Crippen molar-refractivity contribution in [2.45, 2.75) is 25.3 Å². The number of nitrogens with one attached hydrogen (secondary N) is 1. The number of nitrogens with two attached hydrogens (primary N) is 1. The van der Waals surface area contributed by atoms with Crippen LogP contribution in [0.3, 0.4) is 0 Å². The lowest BCUT2D eigenvalue weighted by Gasteiger charge is -2.10. The van der Waals surface area contributed by atoms with Crippen molar-refractivity contribution in [1.82, 2.24) is 15.1 Å². The topological polar surface area (TPSA) is 72.9 Å². The van der Waals surface area contributed by atoms with E-state index in [1.54, 1.807) is 10.9 Å². The first-order chi connectivity index (χ1) is 7.65. The summed E-state index contributed by atoms with van der Waals surface area (Å²) in [5, 5.41) is 6.88. The maximum Gasteiger partial charge on any atom is 0.224 e. The first kappa shape index (κ1) is 17.2. The van der Waals surface area contributed by atoms with Gasteiger partial charge in [-0.2, -0.15) is 5.10 Å². The van der Waals surface area contributed by atoms with Crippen LogP contribution < -0.4 is 11.1 Å². The summed E-state index contributed by atoms with van der Waals surface area (Å²) in [5.41, 5.74) is 6.82. The Hall–Kier alpha value is -0.780. The number of hydrogen-bond donors (Lipinski definition) is 2. The highest BCUT2D eigenvalue weighted by Crippen LogP contribution is 2.31. The Labute approximate surface area is 119 Å². The van der Waals surface area contributed by atoms with Crippen molar-refractivity contribution in [1.29, 1.82) is 0 Å². The summed E-state index contributed by atoms with van der Waals surface area (Å²) >= 11 is 0. The van der Waals surface area contributed by atoms with E-state index in [4.69, 9.17) is 5.73 Å². The molecule has 0 aliphatic heterocycles. The van der Waals surface area contributed by atoms with Crippen LogP contribution in [0.15, 0.2) is 12.4 Å². The molecular weight excluding hydrogens is 275 g/mol. The van der Waals surface area contributed by atoms with E-state index in [9.17, 15) is 4.79 Å². The number of amides is 1. The minimum absolute atomic E-state index is 0. The van der Waals surface area contributed by atoms with Crippen LogP contribution in [0.4, 0.5) is 0 Å². The Morgan fingerprint density at radius 1 is 1.61 bits per heavy atom. The van der Waals surface area contributed by atoms with E-state index in [-0.39, 0.29) is 36.8 Å². The Kier molecular flexibility index (Phi) is 7.28. The van der Waals surface area contributed by atoms with Crippen molar-refractivity contribution in [3.63, 3.8) is 0 Å². The standard InChI is InChI=1S/C11H18N4O.2ClH/c1-15-7-8(5-14-15)4-11(16)13-6-10(12)9-2-3-9;;/h5,7,9-10H,2-4,6,12H2,1H3,(H,13,16);2*1H. The molecule has 1 aliphatic carbocycles. The van der Waals surface area contributed by atoms with E-state index >= 15 is 0 Å². The van der Waals surface area contributed by atoms with Crippen molar-refractivity contribution < 1.29 is 4.79 Å². The molecule has 1 saturated carbocycles. The van der Waals surface area contributed by atoms with Crippen LogP contribution in [0.2, 0.25) is 0 Å². The number of nitrogens with zero attached hydrogens (tertiary/aromatic N) is 2. The van der Waals surface area contributed by atoms with Crippen LogP contribution in [0.5, 0.6) is 0 Å². The average Bonchev–Trinajstić information content (AvgIpc) is 3.01. The summed E-state index contributed by atoms with van der Waals surface area (Å²) in [5.74, 6) is 0.641. The fourth-order valence-electron chi connectivity index (χ4n) is 1.73. The number of halogens is 2. The van der Waals surface area contributed by atoms with Crippen molar-refractivity contribution >= 4 is 30.7 Å². The first-order valence-electron chi connectivity index (χ1n) is 5.65. The highest BCUT2D eigenvalue weighted by Gasteiger charge is 2.28. The van der Waals surface area contributed by atoms with Gasteiger partial charge >= 0.3 is 0 Å². The van der Waals surface area contributed by atoms with Gasteiger partial charge in [-0.25, -0.2) is 0 Å². The summed E-state index contributed by atoms with van der Waals surface area (Å²) < 4.78 is 1.69. The molecule has 1 fully saturated rings. The lowest BCUT2D eigenvalue weighted by molar-refractivity contribution is -0.120. The molecule has 0 radical (unpaired) electrons. The first-order valence-corrected chi connectivity index (χ1v) is 5.65. The molecular formula is C11H20Cl2N4O. The molecule has 0 bridgehead atoms. The number of carbonyl (C=O) groups is 1. The number of aromatic nitrogens is 2. The molecule has 1 unspecified atom stereocenters. The Bertz CT molecular complexity index is 379. The second-order valence-electron chi connectivity index (χ2n) is 4.50. The molecule has 18 heavy (non-hydrogen) atoms. The maximum absolute atomic E-state index is 11.6. The monoisotopic (exact) mass is 294 g/mol. The molecule has 1 atom stereocenters. The number of aryl methyl sites for hydroxylation is 1. The van der Waals surface area contributed by atoms with E-state index in [1.165, 1.54) is 12.8 Å². The minimum Gasteiger partial charge on any atom is -0.354 e. The molecule has 1 heterocycles. The van der Waals surface area contributed by atoms with E-state index in [0.29, 0.717) is 18.9 Å². The molecule has 104 valence electrons. The van der Waals surface area contributed by atoms with Gasteiger partial charge in [-0.15, -0.1) is 24.8 Å². The molecule has 2 rings (SSSR count). The van der Waals surface area contributed by atoms with Gasteiger partial charge in [-0.3, -0.25) is 9.48 Å². The van der Waals surface area contributed by atoms with Crippen LogP contribution in [0.1, 0.15) is 18.4 Å². The molecule has 0 spiro atoms. The van der Waals surface area contributed by atoms with Gasteiger partial charge < -0.3 is 11.1 Å². The van der Waals surface area contributed by atoms with Crippen LogP contribution in [0, 0.1) is 5.92 Å². The lowest BCUT2D eigenvalue weighted by atomic mass is 10.2. The van der Waals surface area contributed by atoms with Crippen LogP contribution in [0.25, 0.3) is 0 Å². The van der Waals surface area contributed by atoms with Gasteiger partial charge in [0.25, 0.3) is 0 Å². The third-order valence-electron chi connectivity index (χ3n) is 2.89. The molecule has 1 aromatic heterocycles. The van der Waals surface area contributed by atoms with Crippen molar-refractivity contribution in [3.05, 3.63) is 18.0 Å². The van der Waals surface area contributed by atoms with Gasteiger partial charge in [-0.1, -0.05) is 0 Å². The summed E-state index contributed by atoms with van der Waals surface area (Å²) in [6.45, 7) is 0.587. The normalized spacial score (nSPS) is 15.2. The highest BCUT2D eigenvalue weighted by molar-refractivity contribution is 5.85. The highest BCUT2D eigenvalue weighted by atomic mass is 35.5. The number of hydrogen-bond acceptors (Lipinski definition) is 3. The van der Waals surface area contributed by atoms with Crippen LogP contribution in [-0.2, 0) is 18.3 Å². The lowest BCUT2D eigenvalue weighted by Crippen LogP contribution is -2.39. The molecule has 1 aliphatic rings. The molecule has 1 amide bonds. The molecule has 3 N–H and O–H groups in total. The molecule has 7 heteroatoms. The van der Waals surface area contributed by atoms with Crippen LogP contribution in [-0.4, -0.2) is 28.3 Å². The van der Waals surface area contributed by atoms with Gasteiger partial charge in [0.15, 0.2) is 0 Å². The van der Waals surface area contributed by atoms with Gasteiger partial charge in [0.2, 0.25) is 5.91 Å². The third kappa shape index (κ3) is 5.25. The van der Waals surface area contributed by atoms with E-state index in [2.05, 4.69) is 10.4 Å². The predicted molar refractivity (Wildman–Crippen MR) is 75.1 cm³/mol. The largest absolute Gasteiger partial charge is 0.354 e. The Morgan fingerprint density at radius 2 is 2.28 bits per heavy atom. The average molecular weight is 295 g/mol. The van der Waals surface area contributed by atoms with E-state index in [0.717, 1.165) is 5.56 Å². The SMILES string of the molecule is Cl.Cl.Cn1cc(CC(=O)NCC(N)C2CC2)cn1. The minimum atomic E-state index is 0. The smallest absolute Gasteiger partial charge is 0.224 e. The molecule has 5 nitrogen and oxygen atoms in total. The zero-order chi connectivity index (χ0) is 11.5. The summed E-state index contributed by atoms with van der Waals surface area (Å²) in [4.78, 5) is 11.6. The van der Waals surface area contributed by atoms with Crippen LogP contribution >= 0.6 is 24.8 Å². The van der Waals surface area contributed by atoms with Gasteiger partial charge in [0.05, 0.1) is 12.6 Å².